The van der Waals surface area contributed by atoms with E-state index in [9.17, 15) is 19.5 Å². The first kappa shape index (κ1) is 19.7. The van der Waals surface area contributed by atoms with Crippen molar-refractivity contribution < 1.29 is 19.5 Å². The molecule has 1 saturated carbocycles. The molecule has 2 heterocycles. The first-order valence-electron chi connectivity index (χ1n) is 10.3. The van der Waals surface area contributed by atoms with Gasteiger partial charge in [0.15, 0.2) is 0 Å². The van der Waals surface area contributed by atoms with E-state index < -0.39 is 6.04 Å². The Morgan fingerprint density at radius 2 is 1.97 bits per heavy atom. The fraction of sp³-hybridized carbons (Fsp3) is 0.571. The topological polar surface area (TPSA) is 102 Å². The second kappa shape index (κ2) is 8.02. The molecular formula is C21H28N4O4. The Labute approximate surface area is 170 Å². The van der Waals surface area contributed by atoms with Crippen molar-refractivity contribution >= 4 is 17.7 Å². The molecular weight excluding hydrogens is 372 g/mol. The summed E-state index contributed by atoms with van der Waals surface area (Å²) in [5.74, 6) is 0.0227. The number of carbonyl (C=O) groups is 3. The van der Waals surface area contributed by atoms with Crippen LogP contribution in [-0.4, -0.2) is 70.4 Å². The van der Waals surface area contributed by atoms with Gasteiger partial charge in [-0.15, -0.1) is 0 Å². The molecule has 8 nitrogen and oxygen atoms in total. The van der Waals surface area contributed by atoms with E-state index in [1.165, 1.54) is 6.92 Å². The second-order valence-corrected chi connectivity index (χ2v) is 8.48. The highest BCUT2D eigenvalue weighted by atomic mass is 16.3. The zero-order chi connectivity index (χ0) is 20.5. The van der Waals surface area contributed by atoms with Gasteiger partial charge in [-0.05, 0) is 37.0 Å². The third-order valence-corrected chi connectivity index (χ3v) is 5.89. The Morgan fingerprint density at radius 1 is 1.17 bits per heavy atom. The maximum absolute atomic E-state index is 13.2. The summed E-state index contributed by atoms with van der Waals surface area (Å²) < 4.78 is 0. The van der Waals surface area contributed by atoms with Crippen LogP contribution >= 0.6 is 0 Å². The number of carbonyl (C=O) groups excluding carboxylic acids is 3. The number of aromatic hydroxyl groups is 1. The molecule has 4 rings (SSSR count). The summed E-state index contributed by atoms with van der Waals surface area (Å²) in [7, 11) is 0. The number of hydrogen-bond donors (Lipinski definition) is 3. The molecule has 1 aliphatic carbocycles. The Kier molecular flexibility index (Phi) is 5.45. The van der Waals surface area contributed by atoms with E-state index in [-0.39, 0.29) is 41.5 Å². The number of phenols is 1. The van der Waals surface area contributed by atoms with Crippen molar-refractivity contribution in [1.82, 2.24) is 20.4 Å². The standard InChI is InChI=1S/C21H28N4O4/c1-13(26)22-16-8-17-11-24(9-14-3-2-4-18(27)7-14)12-19(21(29)25(17)10-16)23-20(28)15-5-6-15/h2-4,7,15-17,19,27H,5-6,8-12H2,1H3,(H,22,26)(H,23,28)/t16-,17-,19-/m0/s1. The Morgan fingerprint density at radius 3 is 2.66 bits per heavy atom. The third-order valence-electron chi connectivity index (χ3n) is 5.89. The smallest absolute Gasteiger partial charge is 0.246 e. The predicted molar refractivity (Wildman–Crippen MR) is 106 cm³/mol. The summed E-state index contributed by atoms with van der Waals surface area (Å²) >= 11 is 0. The van der Waals surface area contributed by atoms with Crippen LogP contribution in [0.25, 0.3) is 0 Å². The molecule has 0 aromatic heterocycles. The lowest BCUT2D eigenvalue weighted by Crippen LogP contribution is -2.52. The van der Waals surface area contributed by atoms with Gasteiger partial charge < -0.3 is 20.6 Å². The molecule has 3 fully saturated rings. The minimum absolute atomic E-state index is 0.0144. The van der Waals surface area contributed by atoms with Crippen molar-refractivity contribution in [3.63, 3.8) is 0 Å². The molecule has 29 heavy (non-hydrogen) atoms. The van der Waals surface area contributed by atoms with E-state index in [0.717, 1.165) is 18.4 Å². The number of phenolic OH excluding ortho intramolecular Hbond substituents is 1. The van der Waals surface area contributed by atoms with Gasteiger partial charge in [-0.1, -0.05) is 12.1 Å². The zero-order valence-electron chi connectivity index (χ0n) is 16.6. The van der Waals surface area contributed by atoms with E-state index in [1.54, 1.807) is 18.2 Å². The highest BCUT2D eigenvalue weighted by Crippen LogP contribution is 2.30. The van der Waals surface area contributed by atoms with Crippen molar-refractivity contribution in [2.75, 3.05) is 19.6 Å². The van der Waals surface area contributed by atoms with Crippen molar-refractivity contribution in [2.24, 2.45) is 5.92 Å². The van der Waals surface area contributed by atoms with Crippen molar-refractivity contribution in [1.29, 1.82) is 0 Å². The van der Waals surface area contributed by atoms with Crippen molar-refractivity contribution in [2.45, 2.75) is 50.9 Å². The van der Waals surface area contributed by atoms with Crippen LogP contribution < -0.4 is 10.6 Å². The zero-order valence-corrected chi connectivity index (χ0v) is 16.6. The molecule has 0 unspecified atom stereocenters. The lowest BCUT2D eigenvalue weighted by Gasteiger charge is -2.25. The summed E-state index contributed by atoms with van der Waals surface area (Å²) in [6.07, 6.45) is 2.47. The van der Waals surface area contributed by atoms with Gasteiger partial charge in [-0.25, -0.2) is 0 Å². The molecule has 8 heteroatoms. The Hall–Kier alpha value is -2.61. The lowest BCUT2D eigenvalue weighted by atomic mass is 10.1. The molecule has 3 aliphatic rings. The van der Waals surface area contributed by atoms with E-state index in [0.29, 0.717) is 32.6 Å². The first-order chi connectivity index (χ1) is 13.9. The molecule has 2 saturated heterocycles. The highest BCUT2D eigenvalue weighted by molar-refractivity contribution is 5.90. The van der Waals surface area contributed by atoms with Crippen molar-refractivity contribution in [3.8, 4) is 5.75 Å². The molecule has 156 valence electrons. The SMILES string of the molecule is CC(=O)N[C@H]1C[C@H]2CN(Cc3cccc(O)c3)C[C@H](NC(=O)C3CC3)C(=O)N2C1. The van der Waals surface area contributed by atoms with Crippen LogP contribution in [0.3, 0.4) is 0 Å². The summed E-state index contributed by atoms with van der Waals surface area (Å²) in [4.78, 5) is 41.0. The van der Waals surface area contributed by atoms with Crippen molar-refractivity contribution in [3.05, 3.63) is 29.8 Å². The fourth-order valence-corrected chi connectivity index (χ4v) is 4.45. The van der Waals surface area contributed by atoms with Gasteiger partial charge in [0.2, 0.25) is 17.7 Å². The monoisotopic (exact) mass is 400 g/mol. The highest BCUT2D eigenvalue weighted by Gasteiger charge is 2.43. The first-order valence-corrected chi connectivity index (χ1v) is 10.3. The van der Waals surface area contributed by atoms with Gasteiger partial charge >= 0.3 is 0 Å². The predicted octanol–water partition coefficient (Wildman–Crippen LogP) is 0.208. The molecule has 2 aliphatic heterocycles. The van der Waals surface area contributed by atoms with Crippen LogP contribution in [0, 0.1) is 5.92 Å². The third kappa shape index (κ3) is 4.70. The molecule has 1 aromatic carbocycles. The molecule has 0 spiro atoms. The van der Waals surface area contributed by atoms with Crippen LogP contribution in [0.1, 0.15) is 31.7 Å². The summed E-state index contributed by atoms with van der Waals surface area (Å²) in [5.41, 5.74) is 0.953. The molecule has 0 radical (unpaired) electrons. The quantitative estimate of drug-likeness (QED) is 0.656. The summed E-state index contributed by atoms with van der Waals surface area (Å²) in [6, 6.07) is 6.41. The molecule has 3 N–H and O–H groups in total. The van der Waals surface area contributed by atoms with Crippen LogP contribution in [0.5, 0.6) is 5.75 Å². The van der Waals surface area contributed by atoms with Crippen LogP contribution in [0.15, 0.2) is 24.3 Å². The second-order valence-electron chi connectivity index (χ2n) is 8.48. The minimum atomic E-state index is -0.596. The van der Waals surface area contributed by atoms with E-state index in [1.807, 2.05) is 11.0 Å². The maximum atomic E-state index is 13.2. The van der Waals surface area contributed by atoms with Gasteiger partial charge in [-0.2, -0.15) is 0 Å². The average Bonchev–Trinajstić information content (AvgIpc) is 3.43. The molecule has 3 atom stereocenters. The number of fused-ring (bicyclic) bond motifs is 1. The van der Waals surface area contributed by atoms with Gasteiger partial charge in [0.1, 0.15) is 11.8 Å². The number of rotatable bonds is 5. The van der Waals surface area contributed by atoms with Gasteiger partial charge in [0.05, 0.1) is 0 Å². The van der Waals surface area contributed by atoms with Crippen LogP contribution in [0.2, 0.25) is 0 Å². The number of benzene rings is 1. The van der Waals surface area contributed by atoms with Crippen LogP contribution in [-0.2, 0) is 20.9 Å². The Bertz CT molecular complexity index is 810. The normalized spacial score (nSPS) is 27.3. The Balaban J connectivity index is 1.53. The number of nitrogens with zero attached hydrogens (tertiary/aromatic N) is 2. The maximum Gasteiger partial charge on any atom is 0.246 e. The number of hydrogen-bond acceptors (Lipinski definition) is 5. The van der Waals surface area contributed by atoms with Gasteiger partial charge in [-0.3, -0.25) is 19.3 Å². The van der Waals surface area contributed by atoms with Gasteiger partial charge in [0, 0.05) is 51.1 Å². The summed E-state index contributed by atoms with van der Waals surface area (Å²) in [6.45, 7) is 3.63. The molecule has 1 aromatic rings. The largest absolute Gasteiger partial charge is 0.508 e. The van der Waals surface area contributed by atoms with E-state index in [2.05, 4.69) is 15.5 Å². The summed E-state index contributed by atoms with van der Waals surface area (Å²) in [5, 5.41) is 15.7. The molecule has 3 amide bonds. The fourth-order valence-electron chi connectivity index (χ4n) is 4.45. The van der Waals surface area contributed by atoms with Crippen LogP contribution in [0.4, 0.5) is 0 Å². The number of amides is 3. The molecule has 0 bridgehead atoms. The lowest BCUT2D eigenvalue weighted by molar-refractivity contribution is -0.136. The van der Waals surface area contributed by atoms with Gasteiger partial charge in [0.25, 0.3) is 0 Å². The number of nitrogens with one attached hydrogen (secondary N) is 2. The van der Waals surface area contributed by atoms with E-state index >= 15 is 0 Å². The minimum Gasteiger partial charge on any atom is -0.508 e. The van der Waals surface area contributed by atoms with E-state index in [4.69, 9.17) is 0 Å². The average molecular weight is 400 g/mol.